The molecule has 3 aromatic rings. The summed E-state index contributed by atoms with van der Waals surface area (Å²) in [6.45, 7) is 0.757. The second-order valence-corrected chi connectivity index (χ2v) is 10.4. The van der Waals surface area contributed by atoms with Crippen LogP contribution in [0.3, 0.4) is 0 Å². The first-order chi connectivity index (χ1) is 15.6. The van der Waals surface area contributed by atoms with E-state index < -0.39 is 22.5 Å². The van der Waals surface area contributed by atoms with Crippen LogP contribution in [0.5, 0.6) is 0 Å². The molecule has 0 spiro atoms. The van der Waals surface area contributed by atoms with E-state index in [1.807, 2.05) is 0 Å². The van der Waals surface area contributed by atoms with E-state index in [1.54, 1.807) is 30.3 Å². The number of hydrogen-bond donors (Lipinski definition) is 1. The Hall–Kier alpha value is -2.42. The fraction of sp³-hybridized carbons (Fsp3) is 0.130. The molecule has 6 nitrogen and oxygen atoms in total. The molecule has 0 fully saturated rings. The fourth-order valence-electron chi connectivity index (χ4n) is 3.00. The van der Waals surface area contributed by atoms with E-state index in [0.29, 0.717) is 26.9 Å². The third kappa shape index (κ3) is 6.56. The minimum Gasteiger partial charge on any atom is -0.325 e. The number of hydrogen-bond acceptors (Lipinski definition) is 4. The number of nitrogens with zero attached hydrogens (tertiary/aromatic N) is 1. The molecule has 10 heteroatoms. The van der Waals surface area contributed by atoms with E-state index in [1.165, 1.54) is 43.3 Å². The predicted octanol–water partition coefficient (Wildman–Crippen LogP) is 5.68. The lowest BCUT2D eigenvalue weighted by molar-refractivity contribution is -0.116. The van der Waals surface area contributed by atoms with Gasteiger partial charge in [0.1, 0.15) is 0 Å². The zero-order chi connectivity index (χ0) is 24.2. The summed E-state index contributed by atoms with van der Waals surface area (Å²) >= 11 is 18.1. The van der Waals surface area contributed by atoms with Gasteiger partial charge in [-0.25, -0.2) is 8.42 Å². The molecule has 0 saturated heterocycles. The lowest BCUT2D eigenvalue weighted by Gasteiger charge is -2.22. The van der Waals surface area contributed by atoms with Crippen LogP contribution >= 0.6 is 34.8 Å². The summed E-state index contributed by atoms with van der Waals surface area (Å²) < 4.78 is 27.7. The maximum atomic E-state index is 13.3. The summed E-state index contributed by atoms with van der Waals surface area (Å²) in [6, 6.07) is 16.7. The molecule has 0 bridgehead atoms. The Balaban J connectivity index is 1.90. The van der Waals surface area contributed by atoms with Crippen LogP contribution in [-0.4, -0.2) is 31.0 Å². The van der Waals surface area contributed by atoms with Crippen molar-refractivity contribution in [3.8, 4) is 0 Å². The summed E-state index contributed by atoms with van der Waals surface area (Å²) in [7, 11) is -4.08. The van der Waals surface area contributed by atoms with Crippen molar-refractivity contribution >= 4 is 62.2 Å². The third-order valence-electron chi connectivity index (χ3n) is 4.69. The highest BCUT2D eigenvalue weighted by molar-refractivity contribution is 7.89. The van der Waals surface area contributed by atoms with Gasteiger partial charge < -0.3 is 5.32 Å². The van der Waals surface area contributed by atoms with Gasteiger partial charge in [0.15, 0.2) is 5.78 Å². The van der Waals surface area contributed by atoms with Gasteiger partial charge in [0.25, 0.3) is 0 Å². The Morgan fingerprint density at radius 3 is 2.21 bits per heavy atom. The molecule has 0 aliphatic carbocycles. The minimum atomic E-state index is -4.08. The highest BCUT2D eigenvalue weighted by Gasteiger charge is 2.28. The molecule has 1 amide bonds. The van der Waals surface area contributed by atoms with Gasteiger partial charge in [0.05, 0.1) is 11.4 Å². The Morgan fingerprint density at radius 2 is 1.58 bits per heavy atom. The van der Waals surface area contributed by atoms with E-state index >= 15 is 0 Å². The molecule has 0 unspecified atom stereocenters. The number of benzene rings is 3. The number of ketones is 1. The van der Waals surface area contributed by atoms with Gasteiger partial charge in [0, 0.05) is 32.9 Å². The number of Topliss-reactive ketones (excluding diaryl/α,β-unsaturated/α-hetero) is 1. The van der Waals surface area contributed by atoms with Crippen molar-refractivity contribution in [1.82, 2.24) is 4.31 Å². The molecule has 172 valence electrons. The SMILES string of the molecule is CC(=O)c1cccc(NC(=O)CN(Cc2ccc(Cl)cc2Cl)S(=O)(=O)c2ccc(Cl)cc2)c1. The number of halogens is 3. The van der Waals surface area contributed by atoms with E-state index in [-0.39, 0.29) is 22.2 Å². The maximum absolute atomic E-state index is 13.3. The smallest absolute Gasteiger partial charge is 0.243 e. The number of carbonyl (C=O) groups is 2. The van der Waals surface area contributed by atoms with Gasteiger partial charge in [0.2, 0.25) is 15.9 Å². The highest BCUT2D eigenvalue weighted by atomic mass is 35.5. The van der Waals surface area contributed by atoms with Crippen LogP contribution < -0.4 is 5.32 Å². The van der Waals surface area contributed by atoms with Crippen LogP contribution in [0.15, 0.2) is 71.6 Å². The number of rotatable bonds is 8. The summed E-state index contributed by atoms with van der Waals surface area (Å²) in [5.74, 6) is -0.742. The Kier molecular flexibility index (Phi) is 8.15. The topological polar surface area (TPSA) is 83.6 Å². The Labute approximate surface area is 207 Å². The molecular formula is C23H19Cl3N2O4S. The van der Waals surface area contributed by atoms with Gasteiger partial charge in [-0.15, -0.1) is 0 Å². The normalized spacial score (nSPS) is 11.4. The molecule has 33 heavy (non-hydrogen) atoms. The largest absolute Gasteiger partial charge is 0.325 e. The molecule has 0 aromatic heterocycles. The summed E-state index contributed by atoms with van der Waals surface area (Å²) in [5.41, 5.74) is 1.28. The average molecular weight is 526 g/mol. The van der Waals surface area contributed by atoms with Crippen LogP contribution in [0.1, 0.15) is 22.8 Å². The number of amides is 1. The van der Waals surface area contributed by atoms with Crippen LogP contribution in [0, 0.1) is 0 Å². The first-order valence-electron chi connectivity index (χ1n) is 9.67. The van der Waals surface area contributed by atoms with Crippen LogP contribution in [0.4, 0.5) is 5.69 Å². The molecule has 3 aromatic carbocycles. The van der Waals surface area contributed by atoms with Crippen molar-refractivity contribution in [1.29, 1.82) is 0 Å². The quantitative estimate of drug-likeness (QED) is 0.384. The predicted molar refractivity (Wildman–Crippen MR) is 131 cm³/mol. The van der Waals surface area contributed by atoms with Crippen LogP contribution in [-0.2, 0) is 21.4 Å². The van der Waals surface area contributed by atoms with Crippen LogP contribution in [0.25, 0.3) is 0 Å². The monoisotopic (exact) mass is 524 g/mol. The Bertz CT molecular complexity index is 1300. The molecular weight excluding hydrogens is 507 g/mol. The zero-order valence-electron chi connectivity index (χ0n) is 17.4. The highest BCUT2D eigenvalue weighted by Crippen LogP contribution is 2.26. The lowest BCUT2D eigenvalue weighted by atomic mass is 10.1. The van der Waals surface area contributed by atoms with Crippen molar-refractivity contribution in [2.45, 2.75) is 18.4 Å². The lowest BCUT2D eigenvalue weighted by Crippen LogP contribution is -2.37. The van der Waals surface area contributed by atoms with Crippen molar-refractivity contribution < 1.29 is 18.0 Å². The second kappa shape index (κ2) is 10.7. The standard InChI is InChI=1S/C23H19Cl3N2O4S/c1-15(29)16-3-2-4-20(11-16)27-23(30)14-28(13-17-5-6-19(25)12-22(17)26)33(31,32)21-9-7-18(24)8-10-21/h2-12H,13-14H2,1H3,(H,27,30). The zero-order valence-corrected chi connectivity index (χ0v) is 20.5. The van der Waals surface area contributed by atoms with E-state index in [4.69, 9.17) is 34.8 Å². The number of carbonyl (C=O) groups excluding carboxylic acids is 2. The molecule has 0 heterocycles. The maximum Gasteiger partial charge on any atom is 0.243 e. The van der Waals surface area contributed by atoms with Gasteiger partial charge in [-0.05, 0) is 61.0 Å². The van der Waals surface area contributed by atoms with Crippen molar-refractivity contribution in [2.24, 2.45) is 0 Å². The summed E-state index contributed by atoms with van der Waals surface area (Å²) in [4.78, 5) is 24.4. The summed E-state index contributed by atoms with van der Waals surface area (Å²) in [6.07, 6.45) is 0. The first kappa shape index (κ1) is 25.2. The number of nitrogens with one attached hydrogen (secondary N) is 1. The Morgan fingerprint density at radius 1 is 0.909 bits per heavy atom. The van der Waals surface area contributed by atoms with E-state index in [2.05, 4.69) is 5.32 Å². The molecule has 0 atom stereocenters. The third-order valence-corrected chi connectivity index (χ3v) is 7.33. The van der Waals surface area contributed by atoms with Crippen molar-refractivity contribution in [2.75, 3.05) is 11.9 Å². The van der Waals surface area contributed by atoms with E-state index in [0.717, 1.165) is 4.31 Å². The van der Waals surface area contributed by atoms with Gasteiger partial charge >= 0.3 is 0 Å². The summed E-state index contributed by atoms with van der Waals surface area (Å²) in [5, 5.41) is 3.69. The van der Waals surface area contributed by atoms with Gasteiger partial charge in [-0.1, -0.05) is 53.0 Å². The number of sulfonamides is 1. The second-order valence-electron chi connectivity index (χ2n) is 7.15. The minimum absolute atomic E-state index is 0.0247. The molecule has 3 rings (SSSR count). The fourth-order valence-corrected chi connectivity index (χ4v) is 4.97. The van der Waals surface area contributed by atoms with Gasteiger partial charge in [-0.3, -0.25) is 9.59 Å². The van der Waals surface area contributed by atoms with Crippen molar-refractivity contribution in [3.05, 3.63) is 92.9 Å². The van der Waals surface area contributed by atoms with Gasteiger partial charge in [-0.2, -0.15) is 4.31 Å². The number of anilines is 1. The van der Waals surface area contributed by atoms with E-state index in [9.17, 15) is 18.0 Å². The first-order valence-corrected chi connectivity index (χ1v) is 12.2. The molecule has 1 N–H and O–H groups in total. The average Bonchev–Trinajstić information content (AvgIpc) is 2.75. The molecule has 0 radical (unpaired) electrons. The molecule has 0 aliphatic heterocycles. The van der Waals surface area contributed by atoms with Crippen LogP contribution in [0.2, 0.25) is 15.1 Å². The molecule has 0 saturated carbocycles. The molecule has 0 aliphatic rings. The van der Waals surface area contributed by atoms with Crippen molar-refractivity contribution in [3.63, 3.8) is 0 Å².